The number of nitrogens with one attached hydrogen (secondary N) is 1. The summed E-state index contributed by atoms with van der Waals surface area (Å²) in [7, 11) is 0. The van der Waals surface area contributed by atoms with Gasteiger partial charge in [-0.1, -0.05) is 6.42 Å². The average molecular weight is 286 g/mol. The van der Waals surface area contributed by atoms with Crippen LogP contribution < -0.4 is 11.1 Å². The standard InChI is InChI=1S/C11H23N3O.2ClH/c12-6-4-5-11(15)13-7-10-14-8-2-1-3-9-14;;/h1-10,12H2,(H,13,15);2*1H. The summed E-state index contributed by atoms with van der Waals surface area (Å²) in [6.07, 6.45) is 5.33. The molecule has 1 aliphatic heterocycles. The van der Waals surface area contributed by atoms with E-state index in [1.807, 2.05) is 0 Å². The lowest BCUT2D eigenvalue weighted by atomic mass is 10.1. The summed E-state index contributed by atoms with van der Waals surface area (Å²) in [5.74, 6) is 0.137. The van der Waals surface area contributed by atoms with Gasteiger partial charge in [0.05, 0.1) is 0 Å². The molecule has 1 aliphatic rings. The molecule has 1 fully saturated rings. The maximum atomic E-state index is 11.3. The fourth-order valence-corrected chi connectivity index (χ4v) is 1.89. The second kappa shape index (κ2) is 12.4. The van der Waals surface area contributed by atoms with E-state index in [1.165, 1.54) is 32.4 Å². The van der Waals surface area contributed by atoms with Gasteiger partial charge in [-0.2, -0.15) is 0 Å². The Kier molecular flexibility index (Phi) is 14.1. The lowest BCUT2D eigenvalue weighted by molar-refractivity contribution is -0.121. The van der Waals surface area contributed by atoms with E-state index < -0.39 is 0 Å². The molecular formula is C11H25Cl2N3O. The SMILES string of the molecule is Cl.Cl.NCCCC(=O)NCCN1CCCCC1. The molecule has 0 spiro atoms. The minimum atomic E-state index is 0. The van der Waals surface area contributed by atoms with Crippen molar-refractivity contribution in [2.45, 2.75) is 32.1 Å². The summed E-state index contributed by atoms with van der Waals surface area (Å²) in [4.78, 5) is 13.7. The first kappa shape index (κ1) is 19.3. The van der Waals surface area contributed by atoms with Crippen LogP contribution in [0, 0.1) is 0 Å². The lowest BCUT2D eigenvalue weighted by Gasteiger charge is -2.26. The van der Waals surface area contributed by atoms with Crippen molar-refractivity contribution in [1.29, 1.82) is 0 Å². The lowest BCUT2D eigenvalue weighted by Crippen LogP contribution is -2.37. The Labute approximate surface area is 117 Å². The molecule has 0 radical (unpaired) electrons. The number of amides is 1. The number of hydrogen-bond acceptors (Lipinski definition) is 3. The van der Waals surface area contributed by atoms with Crippen LogP contribution in [0.4, 0.5) is 0 Å². The first-order valence-electron chi connectivity index (χ1n) is 6.02. The molecule has 0 aliphatic carbocycles. The van der Waals surface area contributed by atoms with Gasteiger partial charge in [0.2, 0.25) is 5.91 Å². The van der Waals surface area contributed by atoms with Crippen molar-refractivity contribution in [3.05, 3.63) is 0 Å². The quantitative estimate of drug-likeness (QED) is 0.770. The summed E-state index contributed by atoms with van der Waals surface area (Å²) >= 11 is 0. The van der Waals surface area contributed by atoms with Gasteiger partial charge in [-0.05, 0) is 38.9 Å². The first-order chi connectivity index (χ1) is 7.33. The summed E-state index contributed by atoms with van der Waals surface area (Å²) in [5.41, 5.74) is 5.33. The van der Waals surface area contributed by atoms with Crippen LogP contribution in [0.5, 0.6) is 0 Å². The summed E-state index contributed by atoms with van der Waals surface area (Å²) in [6.45, 7) is 4.76. The second-order valence-corrected chi connectivity index (χ2v) is 4.14. The molecule has 0 saturated carbocycles. The molecule has 4 nitrogen and oxygen atoms in total. The highest BCUT2D eigenvalue weighted by molar-refractivity contribution is 5.85. The number of nitrogens with zero attached hydrogens (tertiary/aromatic N) is 1. The summed E-state index contributed by atoms with van der Waals surface area (Å²) < 4.78 is 0. The Morgan fingerprint density at radius 3 is 2.41 bits per heavy atom. The molecule has 1 rings (SSSR count). The third-order valence-electron chi connectivity index (χ3n) is 2.81. The van der Waals surface area contributed by atoms with Crippen molar-refractivity contribution in [3.8, 4) is 0 Å². The number of carbonyl (C=O) groups excluding carboxylic acids is 1. The van der Waals surface area contributed by atoms with E-state index in [4.69, 9.17) is 5.73 Å². The molecule has 0 atom stereocenters. The van der Waals surface area contributed by atoms with Crippen LogP contribution in [0.1, 0.15) is 32.1 Å². The Bertz CT molecular complexity index is 188. The monoisotopic (exact) mass is 285 g/mol. The summed E-state index contributed by atoms with van der Waals surface area (Å²) in [5, 5.41) is 2.93. The molecule has 0 aromatic carbocycles. The predicted octanol–water partition coefficient (Wildman–Crippen LogP) is 1.17. The third kappa shape index (κ3) is 9.65. The van der Waals surface area contributed by atoms with E-state index in [-0.39, 0.29) is 30.7 Å². The maximum absolute atomic E-state index is 11.3. The number of halogens is 2. The van der Waals surface area contributed by atoms with Crippen LogP contribution in [0.2, 0.25) is 0 Å². The van der Waals surface area contributed by atoms with Crippen molar-refractivity contribution in [2.24, 2.45) is 5.73 Å². The van der Waals surface area contributed by atoms with Crippen LogP contribution >= 0.6 is 24.8 Å². The molecule has 1 heterocycles. The smallest absolute Gasteiger partial charge is 0.220 e. The van der Waals surface area contributed by atoms with E-state index in [2.05, 4.69) is 10.2 Å². The minimum Gasteiger partial charge on any atom is -0.355 e. The number of rotatable bonds is 6. The first-order valence-corrected chi connectivity index (χ1v) is 6.02. The Balaban J connectivity index is 0. The van der Waals surface area contributed by atoms with Crippen LogP contribution in [0.3, 0.4) is 0 Å². The van der Waals surface area contributed by atoms with Gasteiger partial charge >= 0.3 is 0 Å². The molecule has 0 bridgehead atoms. The van der Waals surface area contributed by atoms with E-state index >= 15 is 0 Å². The van der Waals surface area contributed by atoms with Gasteiger partial charge in [0.1, 0.15) is 0 Å². The number of carbonyl (C=O) groups is 1. The molecule has 17 heavy (non-hydrogen) atoms. The number of nitrogens with two attached hydrogens (primary N) is 1. The third-order valence-corrected chi connectivity index (χ3v) is 2.81. The molecule has 0 aromatic heterocycles. The minimum absolute atomic E-state index is 0. The predicted molar refractivity (Wildman–Crippen MR) is 76.1 cm³/mol. The molecule has 0 unspecified atom stereocenters. The largest absolute Gasteiger partial charge is 0.355 e. The number of hydrogen-bond donors (Lipinski definition) is 2. The highest BCUT2D eigenvalue weighted by Gasteiger charge is 2.09. The van der Waals surface area contributed by atoms with Gasteiger partial charge in [-0.25, -0.2) is 0 Å². The molecule has 104 valence electrons. The van der Waals surface area contributed by atoms with Crippen molar-refractivity contribution in [1.82, 2.24) is 10.2 Å². The zero-order valence-electron chi connectivity index (χ0n) is 10.3. The van der Waals surface area contributed by atoms with Crippen molar-refractivity contribution < 1.29 is 4.79 Å². The van der Waals surface area contributed by atoms with Crippen molar-refractivity contribution in [3.63, 3.8) is 0 Å². The summed E-state index contributed by atoms with van der Waals surface area (Å²) in [6, 6.07) is 0. The van der Waals surface area contributed by atoms with Gasteiger partial charge in [-0.15, -0.1) is 24.8 Å². The zero-order valence-corrected chi connectivity index (χ0v) is 12.0. The van der Waals surface area contributed by atoms with Gasteiger partial charge in [-0.3, -0.25) is 4.79 Å². The average Bonchev–Trinajstić information content (AvgIpc) is 2.28. The van der Waals surface area contributed by atoms with E-state index in [9.17, 15) is 4.79 Å². The molecule has 1 amide bonds. The maximum Gasteiger partial charge on any atom is 0.220 e. The normalized spacial score (nSPS) is 15.6. The Morgan fingerprint density at radius 2 is 1.82 bits per heavy atom. The highest BCUT2D eigenvalue weighted by Crippen LogP contribution is 2.07. The van der Waals surface area contributed by atoms with Crippen LogP contribution in [-0.2, 0) is 4.79 Å². The number of likely N-dealkylation sites (tertiary alicyclic amines) is 1. The molecule has 1 saturated heterocycles. The second-order valence-electron chi connectivity index (χ2n) is 4.14. The van der Waals surface area contributed by atoms with Crippen molar-refractivity contribution >= 4 is 30.7 Å². The fraction of sp³-hybridized carbons (Fsp3) is 0.909. The van der Waals surface area contributed by atoms with Crippen molar-refractivity contribution in [2.75, 3.05) is 32.7 Å². The topological polar surface area (TPSA) is 58.4 Å². The van der Waals surface area contributed by atoms with Gasteiger partial charge in [0, 0.05) is 19.5 Å². The van der Waals surface area contributed by atoms with E-state index in [0.29, 0.717) is 13.0 Å². The van der Waals surface area contributed by atoms with Gasteiger partial charge in [0.25, 0.3) is 0 Å². The Hall–Kier alpha value is -0.0300. The van der Waals surface area contributed by atoms with Crippen LogP contribution in [0.25, 0.3) is 0 Å². The van der Waals surface area contributed by atoms with E-state index in [1.54, 1.807) is 0 Å². The molecule has 0 aromatic rings. The Morgan fingerprint density at radius 1 is 1.18 bits per heavy atom. The fourth-order valence-electron chi connectivity index (χ4n) is 1.89. The molecule has 6 heteroatoms. The van der Waals surface area contributed by atoms with E-state index in [0.717, 1.165) is 19.5 Å². The van der Waals surface area contributed by atoms with Gasteiger partial charge in [0.15, 0.2) is 0 Å². The van der Waals surface area contributed by atoms with Gasteiger partial charge < -0.3 is 16.0 Å². The van der Waals surface area contributed by atoms with Crippen LogP contribution in [0.15, 0.2) is 0 Å². The highest BCUT2D eigenvalue weighted by atomic mass is 35.5. The number of piperidine rings is 1. The zero-order chi connectivity index (χ0) is 10.9. The molecular weight excluding hydrogens is 261 g/mol. The molecule has 3 N–H and O–H groups in total. The van der Waals surface area contributed by atoms with Crippen LogP contribution in [-0.4, -0.2) is 43.5 Å².